The minimum Gasteiger partial charge on any atom is -0.479 e. The Kier molecular flexibility index (Phi) is 3.88. The topological polar surface area (TPSA) is 84.5 Å². The van der Waals surface area contributed by atoms with E-state index in [4.69, 9.17) is 4.74 Å². The van der Waals surface area contributed by atoms with Gasteiger partial charge in [0.15, 0.2) is 17.7 Å². The number of ether oxygens (including phenoxy) is 1. The molecule has 24 heavy (non-hydrogen) atoms. The predicted molar refractivity (Wildman–Crippen MR) is 82.3 cm³/mol. The Hall–Kier alpha value is -2.68. The third-order valence-corrected chi connectivity index (χ3v) is 4.74. The van der Waals surface area contributed by atoms with Crippen LogP contribution in [0.5, 0.6) is 5.75 Å². The molecule has 6 nitrogen and oxygen atoms in total. The number of carbonyl (C=O) groups excluding carboxylic acids is 1. The Morgan fingerprint density at radius 2 is 1.88 bits per heavy atom. The number of nitrogens with one attached hydrogen (secondary N) is 2. The summed E-state index contributed by atoms with van der Waals surface area (Å²) in [6.45, 7) is 1.58. The van der Waals surface area contributed by atoms with E-state index in [1.807, 2.05) is 0 Å². The van der Waals surface area contributed by atoms with Crippen LogP contribution in [0.25, 0.3) is 0 Å². The van der Waals surface area contributed by atoms with E-state index in [-0.39, 0.29) is 11.6 Å². The molecule has 1 aliphatic heterocycles. The lowest BCUT2D eigenvalue weighted by molar-refractivity contribution is -0.122. The minimum absolute atomic E-state index is 0.136. The van der Waals surface area contributed by atoms with E-state index in [1.165, 1.54) is 18.2 Å². The second-order valence-electron chi connectivity index (χ2n) is 5.14. The zero-order chi connectivity index (χ0) is 17.5. The highest BCUT2D eigenvalue weighted by atomic mass is 32.2. The van der Waals surface area contributed by atoms with Crippen LogP contribution in [0.15, 0.2) is 41.3 Å². The molecule has 1 aliphatic rings. The lowest BCUT2D eigenvalue weighted by Crippen LogP contribution is -2.34. The predicted octanol–water partition coefficient (Wildman–Crippen LogP) is 2.49. The number of halogens is 2. The van der Waals surface area contributed by atoms with Gasteiger partial charge in [0.25, 0.3) is 15.9 Å². The average molecular weight is 354 g/mol. The first-order valence-corrected chi connectivity index (χ1v) is 8.34. The number of rotatable bonds is 3. The molecule has 1 unspecified atom stereocenters. The van der Waals surface area contributed by atoms with Crippen LogP contribution in [0.3, 0.4) is 0 Å². The molecule has 0 spiro atoms. The molecule has 3 rings (SSSR count). The van der Waals surface area contributed by atoms with Crippen LogP contribution < -0.4 is 14.8 Å². The molecule has 126 valence electrons. The van der Waals surface area contributed by atoms with Gasteiger partial charge in [0.2, 0.25) is 0 Å². The molecule has 2 N–H and O–H groups in total. The standard InChI is InChI=1S/C15H12F2N2O4S/c1-8-15(20)18-13-6-9(2-5-14(13)23-8)19-24(21,22)10-3-4-11(16)12(17)7-10/h2-8,19H,1H3,(H,18,20). The van der Waals surface area contributed by atoms with Crippen molar-refractivity contribution >= 4 is 27.3 Å². The molecule has 0 aromatic heterocycles. The van der Waals surface area contributed by atoms with Crippen molar-refractivity contribution in [3.63, 3.8) is 0 Å². The Morgan fingerprint density at radius 3 is 2.58 bits per heavy atom. The van der Waals surface area contributed by atoms with Crippen LogP contribution in [-0.2, 0) is 14.8 Å². The lowest BCUT2D eigenvalue weighted by Gasteiger charge is -2.23. The number of benzene rings is 2. The number of hydrogen-bond donors (Lipinski definition) is 2. The van der Waals surface area contributed by atoms with Crippen molar-refractivity contribution in [1.29, 1.82) is 0 Å². The molecule has 9 heteroatoms. The molecule has 0 saturated carbocycles. The van der Waals surface area contributed by atoms with Crippen LogP contribution >= 0.6 is 0 Å². The number of fused-ring (bicyclic) bond motifs is 1. The minimum atomic E-state index is -4.11. The van der Waals surface area contributed by atoms with Crippen molar-refractivity contribution in [2.75, 3.05) is 10.0 Å². The second-order valence-corrected chi connectivity index (χ2v) is 6.82. The number of carbonyl (C=O) groups is 1. The van der Waals surface area contributed by atoms with Crippen molar-refractivity contribution in [3.8, 4) is 5.75 Å². The summed E-state index contributed by atoms with van der Waals surface area (Å²) in [5, 5.41) is 2.58. The van der Waals surface area contributed by atoms with Gasteiger partial charge in [-0.1, -0.05) is 0 Å². The SMILES string of the molecule is CC1Oc2ccc(NS(=O)(=O)c3ccc(F)c(F)c3)cc2NC1=O. The van der Waals surface area contributed by atoms with Gasteiger partial charge in [-0.05, 0) is 43.3 Å². The molecular weight excluding hydrogens is 342 g/mol. The molecule has 0 aliphatic carbocycles. The van der Waals surface area contributed by atoms with Gasteiger partial charge in [-0.3, -0.25) is 9.52 Å². The lowest BCUT2D eigenvalue weighted by atomic mass is 10.2. The Labute approximate surface area is 136 Å². The van der Waals surface area contributed by atoms with Gasteiger partial charge in [-0.2, -0.15) is 0 Å². The quantitative estimate of drug-likeness (QED) is 0.887. The average Bonchev–Trinajstić information content (AvgIpc) is 2.51. The normalized spacial score (nSPS) is 16.8. The zero-order valence-corrected chi connectivity index (χ0v) is 13.2. The van der Waals surface area contributed by atoms with E-state index in [9.17, 15) is 22.0 Å². The van der Waals surface area contributed by atoms with Crippen molar-refractivity contribution in [2.45, 2.75) is 17.9 Å². The summed E-state index contributed by atoms with van der Waals surface area (Å²) in [5.41, 5.74) is 0.445. The fourth-order valence-corrected chi connectivity index (χ4v) is 3.19. The van der Waals surface area contributed by atoms with Crippen LogP contribution in [0.2, 0.25) is 0 Å². The highest BCUT2D eigenvalue weighted by Crippen LogP contribution is 2.32. The highest BCUT2D eigenvalue weighted by molar-refractivity contribution is 7.92. The molecule has 0 fully saturated rings. The molecule has 2 aromatic rings. The summed E-state index contributed by atoms with van der Waals surface area (Å²) in [6.07, 6.45) is -0.651. The summed E-state index contributed by atoms with van der Waals surface area (Å²) >= 11 is 0. The van der Waals surface area contributed by atoms with E-state index in [0.29, 0.717) is 17.5 Å². The molecule has 1 amide bonds. The maximum absolute atomic E-state index is 13.2. The summed E-state index contributed by atoms with van der Waals surface area (Å²) < 4.78 is 58.2. The van der Waals surface area contributed by atoms with Gasteiger partial charge in [0.1, 0.15) is 5.75 Å². The summed E-state index contributed by atoms with van der Waals surface area (Å²) in [7, 11) is -4.11. The summed E-state index contributed by atoms with van der Waals surface area (Å²) in [4.78, 5) is 11.2. The van der Waals surface area contributed by atoms with Gasteiger partial charge in [0, 0.05) is 0 Å². The molecule has 2 aromatic carbocycles. The van der Waals surface area contributed by atoms with Crippen molar-refractivity contribution in [2.24, 2.45) is 0 Å². The van der Waals surface area contributed by atoms with E-state index >= 15 is 0 Å². The first-order chi connectivity index (χ1) is 11.3. The molecular formula is C15H12F2N2O4S. The fraction of sp³-hybridized carbons (Fsp3) is 0.133. The Bertz CT molecular complexity index is 931. The molecule has 0 radical (unpaired) electrons. The number of hydrogen-bond acceptors (Lipinski definition) is 4. The fourth-order valence-electron chi connectivity index (χ4n) is 2.13. The van der Waals surface area contributed by atoms with Crippen molar-refractivity contribution in [3.05, 3.63) is 48.0 Å². The van der Waals surface area contributed by atoms with Gasteiger partial charge in [0.05, 0.1) is 16.3 Å². The van der Waals surface area contributed by atoms with Crippen LogP contribution in [0, 0.1) is 11.6 Å². The summed E-state index contributed by atoms with van der Waals surface area (Å²) in [6, 6.07) is 6.56. The second kappa shape index (κ2) is 5.75. The van der Waals surface area contributed by atoms with Gasteiger partial charge < -0.3 is 10.1 Å². The molecule has 0 bridgehead atoms. The molecule has 0 saturated heterocycles. The summed E-state index contributed by atoms with van der Waals surface area (Å²) in [5.74, 6) is -2.37. The van der Waals surface area contributed by atoms with E-state index < -0.39 is 32.7 Å². The first kappa shape index (κ1) is 16.2. The van der Waals surface area contributed by atoms with Gasteiger partial charge >= 0.3 is 0 Å². The smallest absolute Gasteiger partial charge is 0.265 e. The zero-order valence-electron chi connectivity index (χ0n) is 12.3. The van der Waals surface area contributed by atoms with E-state index in [1.54, 1.807) is 6.92 Å². The monoisotopic (exact) mass is 354 g/mol. The van der Waals surface area contributed by atoms with Crippen molar-refractivity contribution < 1.29 is 26.7 Å². The third kappa shape index (κ3) is 3.02. The molecule has 1 atom stereocenters. The number of anilines is 2. The number of amides is 1. The van der Waals surface area contributed by atoms with Gasteiger partial charge in [-0.15, -0.1) is 0 Å². The van der Waals surface area contributed by atoms with Crippen molar-refractivity contribution in [1.82, 2.24) is 0 Å². The Morgan fingerprint density at radius 1 is 1.12 bits per heavy atom. The highest BCUT2D eigenvalue weighted by Gasteiger charge is 2.24. The third-order valence-electron chi connectivity index (χ3n) is 3.36. The van der Waals surface area contributed by atoms with Crippen LogP contribution in [0.4, 0.5) is 20.2 Å². The van der Waals surface area contributed by atoms with E-state index in [2.05, 4.69) is 10.0 Å². The van der Waals surface area contributed by atoms with Gasteiger partial charge in [-0.25, -0.2) is 17.2 Å². The maximum Gasteiger partial charge on any atom is 0.265 e. The Balaban J connectivity index is 1.89. The van der Waals surface area contributed by atoms with Crippen LogP contribution in [-0.4, -0.2) is 20.4 Å². The first-order valence-electron chi connectivity index (χ1n) is 6.86. The number of sulfonamides is 1. The molecule has 1 heterocycles. The maximum atomic E-state index is 13.2. The largest absolute Gasteiger partial charge is 0.479 e. The van der Waals surface area contributed by atoms with E-state index in [0.717, 1.165) is 12.1 Å². The van der Waals surface area contributed by atoms with Crippen LogP contribution in [0.1, 0.15) is 6.92 Å².